The van der Waals surface area contributed by atoms with E-state index < -0.39 is 0 Å². The van der Waals surface area contributed by atoms with Crippen molar-refractivity contribution in [2.45, 2.75) is 58.9 Å². The van der Waals surface area contributed by atoms with E-state index in [1.807, 2.05) is 111 Å². The Labute approximate surface area is 272 Å². The first-order chi connectivity index (χ1) is 22.1. The molecule has 4 aromatic carbocycles. The molecule has 0 saturated carbocycles. The minimum absolute atomic E-state index is 0.116. The summed E-state index contributed by atoms with van der Waals surface area (Å²) >= 11 is 0. The largest absolute Gasteiger partial charge is 0.493 e. The Bertz CT molecular complexity index is 1660. The molecule has 1 heterocycles. The summed E-state index contributed by atoms with van der Waals surface area (Å²) in [6.07, 6.45) is 4.84. The summed E-state index contributed by atoms with van der Waals surface area (Å²) in [5, 5.41) is 3.15. The number of rotatable bonds is 10. The van der Waals surface area contributed by atoms with Gasteiger partial charge in [-0.2, -0.15) is 0 Å². The summed E-state index contributed by atoms with van der Waals surface area (Å²) in [5.41, 5.74) is 5.90. The summed E-state index contributed by atoms with van der Waals surface area (Å²) in [6, 6.07) is 27.7. The summed E-state index contributed by atoms with van der Waals surface area (Å²) < 4.78 is 23.9. The minimum Gasteiger partial charge on any atom is -0.493 e. The Morgan fingerprint density at radius 2 is 1.39 bits per heavy atom. The highest BCUT2D eigenvalue weighted by atomic mass is 16.5. The van der Waals surface area contributed by atoms with Crippen LogP contribution in [0.2, 0.25) is 0 Å². The van der Waals surface area contributed by atoms with Crippen LogP contribution in [0.1, 0.15) is 60.2 Å². The van der Waals surface area contributed by atoms with Crippen molar-refractivity contribution in [1.82, 2.24) is 10.2 Å². The predicted molar refractivity (Wildman–Crippen MR) is 183 cm³/mol. The smallest absolute Gasteiger partial charge is 0.318 e. The van der Waals surface area contributed by atoms with Crippen LogP contribution in [0.25, 0.3) is 6.08 Å². The zero-order valence-electron chi connectivity index (χ0n) is 27.6. The van der Waals surface area contributed by atoms with Gasteiger partial charge in [0.05, 0.1) is 20.3 Å². The maximum atomic E-state index is 13.6. The molecule has 46 heavy (non-hydrogen) atoms. The first kappa shape index (κ1) is 32.5. The first-order valence-electron chi connectivity index (χ1n) is 15.6. The third-order valence-electron chi connectivity index (χ3n) is 7.93. The van der Waals surface area contributed by atoms with Crippen molar-refractivity contribution in [1.29, 1.82) is 0 Å². The molecule has 240 valence electrons. The van der Waals surface area contributed by atoms with Gasteiger partial charge in [-0.15, -0.1) is 0 Å². The second-order valence-corrected chi connectivity index (χ2v) is 12.5. The molecule has 1 unspecified atom stereocenters. The van der Waals surface area contributed by atoms with Gasteiger partial charge < -0.3 is 29.2 Å². The van der Waals surface area contributed by atoms with E-state index in [9.17, 15) is 4.79 Å². The molecular weight excluding hydrogens is 576 g/mol. The highest BCUT2D eigenvalue weighted by Crippen LogP contribution is 2.40. The standard InChI is InChI=1S/C39H44N2O5/c1-27-21-34(43-5)36(45-25-28-13-9-7-10-14-28)22-30(27)17-18-33-32-24-35(44-6)37(46-26-29-15-11-8-12-16-29)23-31(32)19-20-41(33)38(42)40-39(2,3)4/h7-18,21-24,33H,19-20,25-26H2,1-6H3,(H,40,42). The van der Waals surface area contributed by atoms with E-state index in [2.05, 4.69) is 23.5 Å². The quantitative estimate of drug-likeness (QED) is 0.193. The number of methoxy groups -OCH3 is 2. The Morgan fingerprint density at radius 3 is 1.96 bits per heavy atom. The van der Waals surface area contributed by atoms with Crippen LogP contribution >= 0.6 is 0 Å². The van der Waals surface area contributed by atoms with Crippen molar-refractivity contribution in [2.75, 3.05) is 20.8 Å². The van der Waals surface area contributed by atoms with Gasteiger partial charge in [0.2, 0.25) is 0 Å². The highest BCUT2D eigenvalue weighted by Gasteiger charge is 2.32. The number of aryl methyl sites for hydroxylation is 1. The van der Waals surface area contributed by atoms with Crippen molar-refractivity contribution in [2.24, 2.45) is 0 Å². The third kappa shape index (κ3) is 8.02. The maximum absolute atomic E-state index is 13.6. The molecule has 0 bridgehead atoms. The number of carbonyl (C=O) groups excluding carboxylic acids is 1. The highest BCUT2D eigenvalue weighted by molar-refractivity contribution is 5.77. The molecule has 1 aliphatic rings. The van der Waals surface area contributed by atoms with E-state index in [-0.39, 0.29) is 17.6 Å². The van der Waals surface area contributed by atoms with E-state index in [1.165, 1.54) is 0 Å². The molecular formula is C39H44N2O5. The predicted octanol–water partition coefficient (Wildman–Crippen LogP) is 8.29. The number of fused-ring (bicyclic) bond motifs is 1. The normalized spacial score (nSPS) is 14.5. The zero-order chi connectivity index (χ0) is 32.7. The van der Waals surface area contributed by atoms with E-state index >= 15 is 0 Å². The summed E-state index contributed by atoms with van der Waals surface area (Å²) in [5.74, 6) is 2.65. The molecule has 7 nitrogen and oxygen atoms in total. The Kier molecular flexibility index (Phi) is 10.2. The fourth-order valence-corrected chi connectivity index (χ4v) is 5.55. The molecule has 4 aromatic rings. The van der Waals surface area contributed by atoms with Gasteiger partial charge in [-0.1, -0.05) is 72.8 Å². The number of ether oxygens (including phenoxy) is 4. The number of amides is 2. The van der Waals surface area contributed by atoms with Crippen molar-refractivity contribution < 1.29 is 23.7 Å². The number of nitrogens with one attached hydrogen (secondary N) is 1. The number of nitrogens with zero attached hydrogens (tertiary/aromatic N) is 1. The first-order valence-corrected chi connectivity index (χ1v) is 15.6. The number of hydrogen-bond donors (Lipinski definition) is 1. The van der Waals surface area contributed by atoms with Gasteiger partial charge in [0.25, 0.3) is 0 Å². The minimum atomic E-state index is -0.379. The summed E-state index contributed by atoms with van der Waals surface area (Å²) in [6.45, 7) is 9.43. The van der Waals surface area contributed by atoms with Gasteiger partial charge in [0.15, 0.2) is 23.0 Å². The molecule has 5 rings (SSSR count). The van der Waals surface area contributed by atoms with E-state index in [4.69, 9.17) is 18.9 Å². The van der Waals surface area contributed by atoms with Gasteiger partial charge in [0, 0.05) is 12.1 Å². The lowest BCUT2D eigenvalue weighted by Crippen LogP contribution is -2.51. The van der Waals surface area contributed by atoms with Crippen LogP contribution in [0.15, 0.2) is 91.0 Å². The topological polar surface area (TPSA) is 69.3 Å². The fraction of sp³-hybridized carbons (Fsp3) is 0.308. The van der Waals surface area contributed by atoms with Crippen LogP contribution < -0.4 is 24.3 Å². The number of hydrogen-bond acceptors (Lipinski definition) is 5. The Hall–Kier alpha value is -4.91. The summed E-state index contributed by atoms with van der Waals surface area (Å²) in [7, 11) is 3.29. The van der Waals surface area contributed by atoms with Gasteiger partial charge in [-0.25, -0.2) is 4.79 Å². The molecule has 1 atom stereocenters. The molecule has 0 saturated heterocycles. The second kappa shape index (κ2) is 14.5. The lowest BCUT2D eigenvalue weighted by Gasteiger charge is -2.38. The van der Waals surface area contributed by atoms with Crippen LogP contribution in [0, 0.1) is 6.92 Å². The number of carbonyl (C=O) groups is 1. The average molecular weight is 621 g/mol. The summed E-state index contributed by atoms with van der Waals surface area (Å²) in [4.78, 5) is 15.5. The molecule has 2 amide bonds. The van der Waals surface area contributed by atoms with Crippen LogP contribution in [0.3, 0.4) is 0 Å². The molecule has 0 radical (unpaired) electrons. The molecule has 0 fully saturated rings. The molecule has 1 aliphatic heterocycles. The maximum Gasteiger partial charge on any atom is 0.318 e. The van der Waals surface area contributed by atoms with Crippen LogP contribution in [-0.2, 0) is 19.6 Å². The SMILES string of the molecule is COc1cc(C)c(C=CC2c3cc(OC)c(OCc4ccccc4)cc3CCN2C(=O)NC(C)(C)C)cc1OCc1ccccc1. The molecule has 0 aromatic heterocycles. The van der Waals surface area contributed by atoms with Crippen molar-refractivity contribution in [3.63, 3.8) is 0 Å². The zero-order valence-corrected chi connectivity index (χ0v) is 27.6. The van der Waals surface area contributed by atoms with E-state index in [0.29, 0.717) is 49.2 Å². The molecule has 0 aliphatic carbocycles. The lowest BCUT2D eigenvalue weighted by atomic mass is 9.91. The van der Waals surface area contributed by atoms with Crippen LogP contribution in [-0.4, -0.2) is 37.2 Å². The second-order valence-electron chi connectivity index (χ2n) is 12.5. The molecule has 7 heteroatoms. The number of benzene rings is 4. The Balaban J connectivity index is 1.48. The van der Waals surface area contributed by atoms with Gasteiger partial charge in [0.1, 0.15) is 13.2 Å². The van der Waals surface area contributed by atoms with Gasteiger partial charge in [-0.3, -0.25) is 0 Å². The van der Waals surface area contributed by atoms with Crippen molar-refractivity contribution in [3.05, 3.63) is 124 Å². The van der Waals surface area contributed by atoms with Crippen molar-refractivity contribution >= 4 is 12.1 Å². The Morgan fingerprint density at radius 1 is 0.826 bits per heavy atom. The van der Waals surface area contributed by atoms with Crippen LogP contribution in [0.5, 0.6) is 23.0 Å². The average Bonchev–Trinajstić information content (AvgIpc) is 3.05. The monoisotopic (exact) mass is 620 g/mol. The molecule has 1 N–H and O–H groups in total. The number of urea groups is 1. The van der Waals surface area contributed by atoms with E-state index in [0.717, 1.165) is 33.4 Å². The fourth-order valence-electron chi connectivity index (χ4n) is 5.55. The van der Waals surface area contributed by atoms with Crippen LogP contribution in [0.4, 0.5) is 4.79 Å². The van der Waals surface area contributed by atoms with Gasteiger partial charge in [-0.05, 0) is 91.8 Å². The van der Waals surface area contributed by atoms with Gasteiger partial charge >= 0.3 is 6.03 Å². The van der Waals surface area contributed by atoms with E-state index in [1.54, 1.807) is 14.2 Å². The van der Waals surface area contributed by atoms with Crippen molar-refractivity contribution in [3.8, 4) is 23.0 Å². The molecule has 0 spiro atoms. The lowest BCUT2D eigenvalue weighted by molar-refractivity contribution is 0.173. The third-order valence-corrected chi connectivity index (χ3v) is 7.93.